The Morgan fingerprint density at radius 1 is 1.36 bits per heavy atom. The first kappa shape index (κ1) is 6.22. The normalized spacial score (nSPS) is 14.1. The summed E-state index contributed by atoms with van der Waals surface area (Å²) in [6.45, 7) is 0. The molecule has 1 N–H and O–H groups in total. The van der Waals surface area contributed by atoms with Crippen LogP contribution in [0.5, 0.6) is 0 Å². The Balaban J connectivity index is 2.54. The van der Waals surface area contributed by atoms with E-state index in [0.717, 1.165) is 11.3 Å². The van der Waals surface area contributed by atoms with E-state index in [0.29, 0.717) is 0 Å². The molecule has 0 saturated heterocycles. The minimum absolute atomic E-state index is 1.15. The maximum atomic E-state index is 3.95. The highest BCUT2D eigenvalue weighted by atomic mass is 15.6. The highest BCUT2D eigenvalue weighted by molar-refractivity contribution is 5.88. The van der Waals surface area contributed by atoms with Crippen LogP contribution in [0.25, 0.3) is 0 Å². The molecule has 0 radical (unpaired) electrons. The third-order valence-electron chi connectivity index (χ3n) is 1.71. The highest BCUT2D eigenvalue weighted by Gasteiger charge is 2.06. The summed E-state index contributed by atoms with van der Waals surface area (Å²) in [6.07, 6.45) is 1.81. The van der Waals surface area contributed by atoms with Gasteiger partial charge in [0.05, 0.1) is 11.9 Å². The van der Waals surface area contributed by atoms with Gasteiger partial charge in [0, 0.05) is 12.6 Å². The zero-order valence-electron chi connectivity index (χ0n) is 6.28. The van der Waals surface area contributed by atoms with E-state index in [1.807, 2.05) is 42.5 Å². The van der Waals surface area contributed by atoms with Crippen molar-refractivity contribution in [2.45, 2.75) is 0 Å². The smallest absolute Gasteiger partial charge is 0.0672 e. The first-order valence-electron chi connectivity index (χ1n) is 3.49. The summed E-state index contributed by atoms with van der Waals surface area (Å²) in [5, 5.41) is 5.83. The van der Waals surface area contributed by atoms with Crippen molar-refractivity contribution in [2.24, 2.45) is 5.10 Å². The molecule has 2 rings (SSSR count). The Kier molecular flexibility index (Phi) is 1.28. The monoisotopic (exact) mass is 147 g/mol. The van der Waals surface area contributed by atoms with Gasteiger partial charge in [-0.25, -0.2) is 5.53 Å². The maximum absolute atomic E-state index is 3.95. The van der Waals surface area contributed by atoms with Gasteiger partial charge in [-0.1, -0.05) is 18.2 Å². The van der Waals surface area contributed by atoms with Gasteiger partial charge in [-0.2, -0.15) is 5.10 Å². The number of fused-ring (bicyclic) bond motifs is 1. The summed E-state index contributed by atoms with van der Waals surface area (Å²) in [7, 11) is 1.94. The van der Waals surface area contributed by atoms with Crippen LogP contribution in [0.2, 0.25) is 0 Å². The van der Waals surface area contributed by atoms with Gasteiger partial charge in [0.25, 0.3) is 0 Å². The number of rotatable bonds is 0. The molecule has 0 aromatic heterocycles. The number of hydrogen-bond acceptors (Lipinski definition) is 3. The molecule has 56 valence electrons. The summed E-state index contributed by atoms with van der Waals surface area (Å²) in [4.78, 5) is 0. The van der Waals surface area contributed by atoms with Crippen molar-refractivity contribution in [3.8, 4) is 0 Å². The molecule has 11 heavy (non-hydrogen) atoms. The van der Waals surface area contributed by atoms with E-state index in [-0.39, 0.29) is 0 Å². The molecule has 0 aliphatic carbocycles. The van der Waals surface area contributed by atoms with Crippen LogP contribution in [0.3, 0.4) is 0 Å². The van der Waals surface area contributed by atoms with Gasteiger partial charge >= 0.3 is 0 Å². The number of anilines is 1. The lowest BCUT2D eigenvalue weighted by Crippen LogP contribution is -2.33. The molecule has 1 heterocycles. The minimum atomic E-state index is 1.15. The first-order valence-corrected chi connectivity index (χ1v) is 3.49. The first-order chi connectivity index (χ1) is 5.38. The quantitative estimate of drug-likeness (QED) is 0.592. The van der Waals surface area contributed by atoms with Gasteiger partial charge < -0.3 is 0 Å². The zero-order chi connectivity index (χ0) is 7.68. The topological polar surface area (TPSA) is 27.6 Å². The fourth-order valence-electron chi connectivity index (χ4n) is 1.14. The second kappa shape index (κ2) is 2.27. The number of nitrogens with zero attached hydrogens (tertiary/aromatic N) is 2. The molecule has 0 spiro atoms. The molecule has 1 aromatic carbocycles. The minimum Gasteiger partial charge on any atom is -0.275 e. The van der Waals surface area contributed by atoms with Crippen molar-refractivity contribution in [1.82, 2.24) is 5.53 Å². The van der Waals surface area contributed by atoms with E-state index in [4.69, 9.17) is 0 Å². The van der Waals surface area contributed by atoms with Crippen LogP contribution in [0.1, 0.15) is 5.56 Å². The predicted molar refractivity (Wildman–Crippen MR) is 45.6 cm³/mol. The molecule has 0 atom stereocenters. The molecular weight excluding hydrogens is 138 g/mol. The molecule has 0 bridgehead atoms. The van der Waals surface area contributed by atoms with Crippen molar-refractivity contribution in [3.63, 3.8) is 0 Å². The average molecular weight is 147 g/mol. The van der Waals surface area contributed by atoms with E-state index in [9.17, 15) is 0 Å². The number of benzene rings is 1. The molecule has 1 aliphatic rings. The van der Waals surface area contributed by atoms with E-state index < -0.39 is 0 Å². The fraction of sp³-hybridized carbons (Fsp3) is 0.125. The van der Waals surface area contributed by atoms with Gasteiger partial charge in [-0.05, 0) is 6.07 Å². The number of hydrazone groups is 1. The summed E-state index contributed by atoms with van der Waals surface area (Å²) >= 11 is 0. The molecule has 0 fully saturated rings. The lowest BCUT2D eigenvalue weighted by Gasteiger charge is -2.22. The SMILES string of the molecule is CN1NN=Cc2ccccc21. The summed E-state index contributed by atoms with van der Waals surface area (Å²) in [5.74, 6) is 0. The van der Waals surface area contributed by atoms with Crippen LogP contribution in [-0.4, -0.2) is 13.3 Å². The molecular formula is C8H9N3. The van der Waals surface area contributed by atoms with Gasteiger partial charge in [0.1, 0.15) is 0 Å². The zero-order valence-corrected chi connectivity index (χ0v) is 6.28. The third-order valence-corrected chi connectivity index (χ3v) is 1.71. The van der Waals surface area contributed by atoms with Crippen molar-refractivity contribution in [1.29, 1.82) is 0 Å². The lowest BCUT2D eigenvalue weighted by molar-refractivity contribution is 0.718. The van der Waals surface area contributed by atoms with Gasteiger partial charge in [0.2, 0.25) is 0 Å². The summed E-state index contributed by atoms with van der Waals surface area (Å²) in [6, 6.07) is 8.10. The van der Waals surface area contributed by atoms with Crippen LogP contribution in [0.4, 0.5) is 5.69 Å². The highest BCUT2D eigenvalue weighted by Crippen LogP contribution is 2.17. The van der Waals surface area contributed by atoms with Crippen molar-refractivity contribution in [3.05, 3.63) is 29.8 Å². The molecule has 3 heteroatoms. The second-order valence-electron chi connectivity index (χ2n) is 2.48. The van der Waals surface area contributed by atoms with Crippen LogP contribution in [-0.2, 0) is 0 Å². The van der Waals surface area contributed by atoms with Crippen LogP contribution >= 0.6 is 0 Å². The molecule has 0 amide bonds. The molecule has 1 aliphatic heterocycles. The van der Waals surface area contributed by atoms with Crippen molar-refractivity contribution >= 4 is 11.9 Å². The largest absolute Gasteiger partial charge is 0.275 e. The van der Waals surface area contributed by atoms with E-state index in [2.05, 4.69) is 10.6 Å². The van der Waals surface area contributed by atoms with E-state index in [1.54, 1.807) is 0 Å². The standard InChI is InChI=1S/C8H9N3/c1-11-8-5-3-2-4-7(8)6-9-10-11/h2-6,10H,1H3. The van der Waals surface area contributed by atoms with Crippen LogP contribution in [0, 0.1) is 0 Å². The third kappa shape index (κ3) is 0.941. The number of para-hydroxylation sites is 1. The van der Waals surface area contributed by atoms with E-state index in [1.165, 1.54) is 0 Å². The Morgan fingerprint density at radius 3 is 3.00 bits per heavy atom. The lowest BCUT2D eigenvalue weighted by atomic mass is 10.2. The van der Waals surface area contributed by atoms with Crippen LogP contribution in [0.15, 0.2) is 29.4 Å². The average Bonchev–Trinajstić information content (AvgIpc) is 2.06. The van der Waals surface area contributed by atoms with Crippen molar-refractivity contribution in [2.75, 3.05) is 12.1 Å². The molecule has 0 saturated carbocycles. The molecule has 3 nitrogen and oxygen atoms in total. The van der Waals surface area contributed by atoms with E-state index >= 15 is 0 Å². The number of hydrogen-bond donors (Lipinski definition) is 1. The fourth-order valence-corrected chi connectivity index (χ4v) is 1.14. The Labute approximate surface area is 65.3 Å². The number of nitrogens with one attached hydrogen (secondary N) is 1. The summed E-state index contributed by atoms with van der Waals surface area (Å²) < 4.78 is 0. The number of hydrazine groups is 1. The maximum Gasteiger partial charge on any atom is 0.0672 e. The van der Waals surface area contributed by atoms with Gasteiger partial charge in [-0.15, -0.1) is 0 Å². The Morgan fingerprint density at radius 2 is 2.18 bits per heavy atom. The Bertz CT molecular complexity index is 293. The molecule has 0 unspecified atom stereocenters. The van der Waals surface area contributed by atoms with Gasteiger partial charge in [0.15, 0.2) is 0 Å². The predicted octanol–water partition coefficient (Wildman–Crippen LogP) is 0.975. The van der Waals surface area contributed by atoms with Crippen LogP contribution < -0.4 is 10.5 Å². The second-order valence-corrected chi connectivity index (χ2v) is 2.48. The molecule has 1 aromatic rings. The van der Waals surface area contributed by atoms with Crippen molar-refractivity contribution < 1.29 is 0 Å². The Hall–Kier alpha value is -1.51. The van der Waals surface area contributed by atoms with Gasteiger partial charge in [-0.3, -0.25) is 5.01 Å². The summed E-state index contributed by atoms with van der Waals surface area (Å²) in [5.41, 5.74) is 5.14.